The Bertz CT molecular complexity index is 396. The van der Waals surface area contributed by atoms with Gasteiger partial charge >= 0.3 is 5.97 Å². The van der Waals surface area contributed by atoms with E-state index in [1.54, 1.807) is 0 Å². The van der Waals surface area contributed by atoms with Gasteiger partial charge < -0.3 is 14.9 Å². The molecular weight excluding hydrogens is 244 g/mol. The van der Waals surface area contributed by atoms with Crippen LogP contribution in [0.5, 0.6) is 0 Å². The zero-order valence-corrected chi connectivity index (χ0v) is 11.9. The first-order valence-electron chi connectivity index (χ1n) is 7.41. The Morgan fingerprint density at radius 3 is 2.63 bits per heavy atom. The van der Waals surface area contributed by atoms with Crippen LogP contribution in [0.3, 0.4) is 0 Å². The first-order valence-corrected chi connectivity index (χ1v) is 7.41. The highest BCUT2D eigenvalue weighted by molar-refractivity contribution is 5.74. The largest absolute Gasteiger partial charge is 0.462 e. The molecule has 8 atom stereocenters. The third-order valence-corrected chi connectivity index (χ3v) is 6.11. The Kier molecular flexibility index (Phi) is 2.95. The molecule has 0 aromatic rings. The van der Waals surface area contributed by atoms with Gasteiger partial charge in [0.1, 0.15) is 6.10 Å². The van der Waals surface area contributed by atoms with Gasteiger partial charge in [-0.2, -0.15) is 0 Å². The monoisotopic (exact) mass is 268 g/mol. The molecule has 0 spiro atoms. The Morgan fingerprint density at radius 1 is 1.26 bits per heavy atom. The topological polar surface area (TPSA) is 66.8 Å². The maximum absolute atomic E-state index is 11.8. The first kappa shape index (κ1) is 13.4. The van der Waals surface area contributed by atoms with Gasteiger partial charge in [0.25, 0.3) is 0 Å². The molecule has 108 valence electrons. The van der Waals surface area contributed by atoms with Crippen LogP contribution in [0, 0.1) is 29.1 Å². The van der Waals surface area contributed by atoms with E-state index < -0.39 is 12.2 Å². The maximum Gasteiger partial charge on any atom is 0.309 e. The van der Waals surface area contributed by atoms with Gasteiger partial charge in [-0.3, -0.25) is 4.79 Å². The first-order chi connectivity index (χ1) is 8.84. The van der Waals surface area contributed by atoms with Crippen molar-refractivity contribution in [2.75, 3.05) is 0 Å². The lowest BCUT2D eigenvalue weighted by atomic mass is 9.69. The lowest BCUT2D eigenvalue weighted by Crippen LogP contribution is -2.39. The summed E-state index contributed by atoms with van der Waals surface area (Å²) in [6.07, 6.45) is 1.01. The van der Waals surface area contributed by atoms with Crippen LogP contribution in [-0.4, -0.2) is 34.5 Å². The van der Waals surface area contributed by atoms with Gasteiger partial charge in [-0.1, -0.05) is 20.8 Å². The Morgan fingerprint density at radius 2 is 1.95 bits per heavy atom. The van der Waals surface area contributed by atoms with Crippen molar-refractivity contribution in [2.45, 2.75) is 58.3 Å². The Labute approximate surface area is 114 Å². The van der Waals surface area contributed by atoms with E-state index in [0.29, 0.717) is 18.3 Å². The average Bonchev–Trinajstić information content (AvgIpc) is 2.68. The van der Waals surface area contributed by atoms with E-state index in [-0.39, 0.29) is 29.3 Å². The number of aliphatic hydroxyl groups is 2. The standard InChI is InChI=1S/C15H24O4/c1-7-4-12-9(8(2)14(18)19-12)6-15(3)10(7)5-11(16)13(15)17/h7-13,16-17H,4-6H2,1-3H3. The van der Waals surface area contributed by atoms with Crippen LogP contribution in [-0.2, 0) is 9.53 Å². The summed E-state index contributed by atoms with van der Waals surface area (Å²) in [5.74, 6) is 0.679. The van der Waals surface area contributed by atoms with E-state index in [0.717, 1.165) is 12.8 Å². The second-order valence-corrected chi connectivity index (χ2v) is 7.21. The molecule has 1 heterocycles. The van der Waals surface area contributed by atoms with Crippen molar-refractivity contribution in [1.29, 1.82) is 0 Å². The Balaban J connectivity index is 1.95. The molecule has 3 fully saturated rings. The number of rotatable bonds is 0. The molecule has 4 nitrogen and oxygen atoms in total. The van der Waals surface area contributed by atoms with Gasteiger partial charge in [0, 0.05) is 5.92 Å². The van der Waals surface area contributed by atoms with Crippen LogP contribution in [0.4, 0.5) is 0 Å². The molecule has 3 rings (SSSR count). The van der Waals surface area contributed by atoms with Crippen molar-refractivity contribution >= 4 is 5.97 Å². The minimum Gasteiger partial charge on any atom is -0.462 e. The second kappa shape index (κ2) is 4.19. The Hall–Kier alpha value is -0.610. The number of esters is 1. The third kappa shape index (κ3) is 1.76. The molecule has 19 heavy (non-hydrogen) atoms. The van der Waals surface area contributed by atoms with E-state index in [9.17, 15) is 15.0 Å². The van der Waals surface area contributed by atoms with Crippen molar-refractivity contribution < 1.29 is 19.7 Å². The fourth-order valence-electron chi connectivity index (χ4n) is 4.88. The molecule has 0 aromatic heterocycles. The maximum atomic E-state index is 11.8. The average molecular weight is 268 g/mol. The molecule has 3 aliphatic rings. The predicted octanol–water partition coefficient (Wildman–Crippen LogP) is 1.34. The summed E-state index contributed by atoms with van der Waals surface area (Å²) in [7, 11) is 0. The summed E-state index contributed by atoms with van der Waals surface area (Å²) in [6, 6.07) is 0. The number of fused-ring (bicyclic) bond motifs is 2. The van der Waals surface area contributed by atoms with Gasteiger partial charge in [0.15, 0.2) is 0 Å². The van der Waals surface area contributed by atoms with Gasteiger partial charge in [0.2, 0.25) is 0 Å². The molecule has 0 bridgehead atoms. The van der Waals surface area contributed by atoms with Crippen molar-refractivity contribution in [3.8, 4) is 0 Å². The molecule has 4 heteroatoms. The number of carbonyl (C=O) groups is 1. The second-order valence-electron chi connectivity index (χ2n) is 7.21. The van der Waals surface area contributed by atoms with E-state index in [1.165, 1.54) is 0 Å². The minimum absolute atomic E-state index is 0.00395. The highest BCUT2D eigenvalue weighted by atomic mass is 16.6. The van der Waals surface area contributed by atoms with Gasteiger partial charge in [0.05, 0.1) is 18.1 Å². The van der Waals surface area contributed by atoms with Crippen molar-refractivity contribution in [2.24, 2.45) is 29.1 Å². The van der Waals surface area contributed by atoms with Crippen LogP contribution >= 0.6 is 0 Å². The minimum atomic E-state index is -0.679. The number of hydrogen-bond donors (Lipinski definition) is 2. The van der Waals surface area contributed by atoms with E-state index >= 15 is 0 Å². The summed E-state index contributed by atoms with van der Waals surface area (Å²) in [4.78, 5) is 11.8. The number of carbonyl (C=O) groups excluding carboxylic acids is 1. The van der Waals surface area contributed by atoms with Crippen LogP contribution in [0.15, 0.2) is 0 Å². The molecule has 1 saturated heterocycles. The molecule has 2 saturated carbocycles. The van der Waals surface area contributed by atoms with Crippen LogP contribution < -0.4 is 0 Å². The van der Waals surface area contributed by atoms with Crippen LogP contribution in [0.2, 0.25) is 0 Å². The quantitative estimate of drug-likeness (QED) is 0.651. The highest BCUT2D eigenvalue weighted by Crippen LogP contribution is 2.57. The predicted molar refractivity (Wildman–Crippen MR) is 69.2 cm³/mol. The summed E-state index contributed by atoms with van der Waals surface area (Å²) >= 11 is 0. The smallest absolute Gasteiger partial charge is 0.309 e. The SMILES string of the molecule is CC1CC2OC(=O)C(C)C2CC2(C)C(O)C(O)CC12. The fourth-order valence-corrected chi connectivity index (χ4v) is 4.88. The lowest BCUT2D eigenvalue weighted by molar-refractivity contribution is -0.144. The summed E-state index contributed by atoms with van der Waals surface area (Å²) in [6.45, 7) is 6.17. The van der Waals surface area contributed by atoms with Gasteiger partial charge in [-0.05, 0) is 36.5 Å². The number of hydrogen-bond acceptors (Lipinski definition) is 4. The van der Waals surface area contributed by atoms with Crippen molar-refractivity contribution in [1.82, 2.24) is 0 Å². The third-order valence-electron chi connectivity index (χ3n) is 6.11. The zero-order chi connectivity index (χ0) is 13.9. The molecule has 0 radical (unpaired) electrons. The van der Waals surface area contributed by atoms with E-state index in [1.807, 2.05) is 6.92 Å². The summed E-state index contributed by atoms with van der Waals surface area (Å²) in [5.41, 5.74) is -0.291. The van der Waals surface area contributed by atoms with E-state index in [4.69, 9.17) is 4.74 Å². The highest BCUT2D eigenvalue weighted by Gasteiger charge is 2.58. The normalized spacial score (nSPS) is 57.3. The summed E-state index contributed by atoms with van der Waals surface area (Å²) < 4.78 is 5.52. The molecule has 0 aromatic carbocycles. The number of aliphatic hydroxyl groups excluding tert-OH is 2. The fraction of sp³-hybridized carbons (Fsp3) is 0.933. The van der Waals surface area contributed by atoms with Crippen LogP contribution in [0.25, 0.3) is 0 Å². The van der Waals surface area contributed by atoms with Gasteiger partial charge in [-0.25, -0.2) is 0 Å². The molecule has 2 aliphatic carbocycles. The molecular formula is C15H24O4. The van der Waals surface area contributed by atoms with Gasteiger partial charge in [-0.15, -0.1) is 0 Å². The molecule has 8 unspecified atom stereocenters. The molecule has 2 N–H and O–H groups in total. The lowest BCUT2D eigenvalue weighted by Gasteiger charge is -2.37. The molecule has 0 amide bonds. The van der Waals surface area contributed by atoms with E-state index in [2.05, 4.69) is 13.8 Å². The molecule has 1 aliphatic heterocycles. The van der Waals surface area contributed by atoms with Crippen LogP contribution in [0.1, 0.15) is 40.0 Å². The number of ether oxygens (including phenoxy) is 1. The van der Waals surface area contributed by atoms with Crippen molar-refractivity contribution in [3.63, 3.8) is 0 Å². The summed E-state index contributed by atoms with van der Waals surface area (Å²) in [5, 5.41) is 20.4. The van der Waals surface area contributed by atoms with Crippen molar-refractivity contribution in [3.05, 3.63) is 0 Å². The zero-order valence-electron chi connectivity index (χ0n) is 11.9.